The Morgan fingerprint density at radius 3 is 2.62 bits per heavy atom. The predicted octanol–water partition coefficient (Wildman–Crippen LogP) is 3.19. The van der Waals surface area contributed by atoms with Crippen LogP contribution in [0.4, 0.5) is 4.79 Å². The van der Waals surface area contributed by atoms with E-state index in [-0.39, 0.29) is 18.0 Å². The number of likely N-dealkylation sites (tertiary alicyclic amines) is 1. The van der Waals surface area contributed by atoms with E-state index in [0.717, 1.165) is 29.5 Å². The molecule has 0 saturated carbocycles. The molecule has 1 unspecified atom stereocenters. The number of fused-ring (bicyclic) bond motifs is 1. The summed E-state index contributed by atoms with van der Waals surface area (Å²) < 4.78 is 4.99. The van der Waals surface area contributed by atoms with Crippen molar-refractivity contribution in [3.8, 4) is 11.3 Å². The van der Waals surface area contributed by atoms with Crippen molar-refractivity contribution >= 4 is 22.8 Å². The van der Waals surface area contributed by atoms with Gasteiger partial charge in [-0.15, -0.1) is 0 Å². The summed E-state index contributed by atoms with van der Waals surface area (Å²) in [6, 6.07) is 16.2. The van der Waals surface area contributed by atoms with Gasteiger partial charge < -0.3 is 15.0 Å². The zero-order valence-corrected chi connectivity index (χ0v) is 15.9. The van der Waals surface area contributed by atoms with E-state index in [0.29, 0.717) is 31.3 Å². The second-order valence-corrected chi connectivity index (χ2v) is 7.71. The number of aromatic nitrogens is 2. The van der Waals surface area contributed by atoms with Gasteiger partial charge in [0.15, 0.2) is 0 Å². The first-order valence-corrected chi connectivity index (χ1v) is 9.94. The number of benzene rings is 2. The molecule has 29 heavy (non-hydrogen) atoms. The minimum atomic E-state index is -0.341. The largest absolute Gasteiger partial charge is 0.447 e. The van der Waals surface area contributed by atoms with Gasteiger partial charge in [-0.05, 0) is 41.7 Å². The smallest absolute Gasteiger partial charge is 0.407 e. The van der Waals surface area contributed by atoms with Crippen LogP contribution in [0.2, 0.25) is 0 Å². The summed E-state index contributed by atoms with van der Waals surface area (Å²) in [5, 5.41) is 12.4. The monoisotopic (exact) mass is 390 g/mol. The third-order valence-electron chi connectivity index (χ3n) is 5.95. The lowest BCUT2D eigenvalue weighted by molar-refractivity contribution is 0.0665. The van der Waals surface area contributed by atoms with E-state index < -0.39 is 0 Å². The first-order valence-electron chi connectivity index (χ1n) is 9.94. The summed E-state index contributed by atoms with van der Waals surface area (Å²) in [6.45, 7) is 1.76. The van der Waals surface area contributed by atoms with Gasteiger partial charge in [-0.2, -0.15) is 5.10 Å². The number of ether oxygens (including phenoxy) is 1. The number of nitrogens with zero attached hydrogens (tertiary/aromatic N) is 2. The van der Waals surface area contributed by atoms with Crippen LogP contribution in [0.1, 0.15) is 23.3 Å². The maximum Gasteiger partial charge on any atom is 0.407 e. The topological polar surface area (TPSA) is 87.3 Å². The first-order chi connectivity index (χ1) is 14.2. The molecule has 7 nitrogen and oxygen atoms in total. The number of aromatic amines is 1. The first kappa shape index (κ1) is 17.7. The maximum absolute atomic E-state index is 12.9. The van der Waals surface area contributed by atoms with Crippen LogP contribution >= 0.6 is 0 Å². The quantitative estimate of drug-likeness (QED) is 0.719. The van der Waals surface area contributed by atoms with E-state index in [4.69, 9.17) is 4.74 Å². The molecule has 2 aromatic carbocycles. The molecule has 0 aliphatic carbocycles. The number of hydrogen-bond acceptors (Lipinski definition) is 4. The SMILES string of the molecule is O=C1NC(C2CCN(C(=O)c3cc(-c4ccc5ccccc5c4)n[nH]3)CC2)CO1. The second kappa shape index (κ2) is 7.24. The van der Waals surface area contributed by atoms with Crippen LogP contribution in [0, 0.1) is 5.92 Å². The van der Waals surface area contributed by atoms with Gasteiger partial charge in [-0.1, -0.05) is 36.4 Å². The number of cyclic esters (lactones) is 1. The van der Waals surface area contributed by atoms with Gasteiger partial charge in [-0.3, -0.25) is 9.89 Å². The highest BCUT2D eigenvalue weighted by Gasteiger charge is 2.34. The average molecular weight is 390 g/mol. The van der Waals surface area contributed by atoms with Crippen molar-refractivity contribution < 1.29 is 14.3 Å². The fraction of sp³-hybridized carbons (Fsp3) is 0.318. The van der Waals surface area contributed by atoms with Crippen LogP contribution in [-0.4, -0.2) is 52.8 Å². The standard InChI is InChI=1S/C22H22N4O3/c27-21(26-9-7-15(8-10-26)20-13-29-22(28)23-20)19-12-18(24-25-19)17-6-5-14-3-1-2-4-16(14)11-17/h1-6,11-12,15,20H,7-10,13H2,(H,23,28)(H,24,25). The van der Waals surface area contributed by atoms with E-state index in [2.05, 4.69) is 39.8 Å². The molecule has 2 aliphatic heterocycles. The Hall–Kier alpha value is -3.35. The molecule has 2 amide bonds. The van der Waals surface area contributed by atoms with Crippen LogP contribution < -0.4 is 5.32 Å². The van der Waals surface area contributed by atoms with E-state index in [1.54, 1.807) is 0 Å². The summed E-state index contributed by atoms with van der Waals surface area (Å²) in [5.74, 6) is 0.315. The van der Waals surface area contributed by atoms with Crippen molar-refractivity contribution in [2.75, 3.05) is 19.7 Å². The van der Waals surface area contributed by atoms with Gasteiger partial charge in [0.05, 0.1) is 11.7 Å². The third kappa shape index (κ3) is 3.44. The van der Waals surface area contributed by atoms with Crippen LogP contribution in [0.3, 0.4) is 0 Å². The number of hydrogen-bond donors (Lipinski definition) is 2. The van der Waals surface area contributed by atoms with Gasteiger partial charge in [0.2, 0.25) is 0 Å². The number of amides is 2. The number of H-pyrrole nitrogens is 1. The van der Waals surface area contributed by atoms with Crippen LogP contribution in [-0.2, 0) is 4.74 Å². The lowest BCUT2D eigenvalue weighted by Gasteiger charge is -2.33. The molecule has 5 rings (SSSR count). The molecule has 1 atom stereocenters. The lowest BCUT2D eigenvalue weighted by Crippen LogP contribution is -2.44. The molecule has 3 heterocycles. The number of carbonyl (C=O) groups excluding carboxylic acids is 2. The molecule has 0 radical (unpaired) electrons. The van der Waals surface area contributed by atoms with E-state index in [1.165, 1.54) is 5.39 Å². The summed E-state index contributed by atoms with van der Waals surface area (Å²) >= 11 is 0. The Morgan fingerprint density at radius 2 is 1.86 bits per heavy atom. The van der Waals surface area contributed by atoms with E-state index in [1.807, 2.05) is 29.2 Å². The van der Waals surface area contributed by atoms with E-state index >= 15 is 0 Å². The van der Waals surface area contributed by atoms with Crippen molar-refractivity contribution in [3.63, 3.8) is 0 Å². The number of rotatable bonds is 3. The Bertz CT molecular complexity index is 1070. The summed E-state index contributed by atoms with van der Waals surface area (Å²) in [5.41, 5.74) is 2.25. The normalized spacial score (nSPS) is 19.9. The number of nitrogens with one attached hydrogen (secondary N) is 2. The molecule has 0 spiro atoms. The Morgan fingerprint density at radius 1 is 1.07 bits per heavy atom. The van der Waals surface area contributed by atoms with Gasteiger partial charge in [0.1, 0.15) is 12.3 Å². The molecule has 2 N–H and O–H groups in total. The highest BCUT2D eigenvalue weighted by atomic mass is 16.6. The van der Waals surface area contributed by atoms with E-state index in [9.17, 15) is 9.59 Å². The summed E-state index contributed by atoms with van der Waals surface area (Å²) in [6.07, 6.45) is 1.37. The molecule has 2 aliphatic rings. The molecular weight excluding hydrogens is 368 g/mol. The Balaban J connectivity index is 1.26. The zero-order valence-electron chi connectivity index (χ0n) is 15.9. The molecule has 7 heteroatoms. The zero-order chi connectivity index (χ0) is 19.8. The van der Waals surface area contributed by atoms with Crippen LogP contribution in [0.5, 0.6) is 0 Å². The van der Waals surface area contributed by atoms with Crippen molar-refractivity contribution in [3.05, 3.63) is 54.2 Å². The fourth-order valence-electron chi connectivity index (χ4n) is 4.26. The molecule has 2 fully saturated rings. The van der Waals surface area contributed by atoms with Gasteiger partial charge in [-0.25, -0.2) is 4.79 Å². The van der Waals surface area contributed by atoms with Crippen LogP contribution in [0.15, 0.2) is 48.5 Å². The number of carbonyl (C=O) groups is 2. The number of piperidine rings is 1. The Labute approximate surface area is 168 Å². The summed E-state index contributed by atoms with van der Waals surface area (Å²) in [4.78, 5) is 26.0. The lowest BCUT2D eigenvalue weighted by atomic mass is 9.90. The molecule has 148 valence electrons. The minimum absolute atomic E-state index is 0.0327. The number of alkyl carbamates (subject to hydrolysis) is 1. The van der Waals surface area contributed by atoms with Gasteiger partial charge >= 0.3 is 6.09 Å². The van der Waals surface area contributed by atoms with Gasteiger partial charge in [0.25, 0.3) is 5.91 Å². The average Bonchev–Trinajstić information content (AvgIpc) is 3.42. The molecule has 0 bridgehead atoms. The second-order valence-electron chi connectivity index (χ2n) is 7.71. The fourth-order valence-corrected chi connectivity index (χ4v) is 4.26. The Kier molecular flexibility index (Phi) is 4.42. The highest BCUT2D eigenvalue weighted by Crippen LogP contribution is 2.26. The molecular formula is C22H22N4O3. The maximum atomic E-state index is 12.9. The van der Waals surface area contributed by atoms with Crippen LogP contribution in [0.25, 0.3) is 22.0 Å². The van der Waals surface area contributed by atoms with Crippen molar-refractivity contribution in [2.24, 2.45) is 5.92 Å². The van der Waals surface area contributed by atoms with Crippen molar-refractivity contribution in [1.29, 1.82) is 0 Å². The molecule has 2 saturated heterocycles. The van der Waals surface area contributed by atoms with Gasteiger partial charge in [0, 0.05) is 18.7 Å². The molecule has 1 aromatic heterocycles. The highest BCUT2D eigenvalue weighted by molar-refractivity contribution is 5.94. The van der Waals surface area contributed by atoms with Crippen molar-refractivity contribution in [2.45, 2.75) is 18.9 Å². The predicted molar refractivity (Wildman–Crippen MR) is 108 cm³/mol. The summed E-state index contributed by atoms with van der Waals surface area (Å²) in [7, 11) is 0. The van der Waals surface area contributed by atoms with Crippen molar-refractivity contribution in [1.82, 2.24) is 20.4 Å². The third-order valence-corrected chi connectivity index (χ3v) is 5.95. The molecule has 3 aromatic rings. The minimum Gasteiger partial charge on any atom is -0.447 e.